The van der Waals surface area contributed by atoms with Crippen LogP contribution < -0.4 is 15.4 Å². The fourth-order valence-electron chi connectivity index (χ4n) is 4.46. The molecule has 0 radical (unpaired) electrons. The van der Waals surface area contributed by atoms with Gasteiger partial charge >= 0.3 is 6.01 Å². The number of hydrogen-bond acceptors (Lipinski definition) is 6. The summed E-state index contributed by atoms with van der Waals surface area (Å²) < 4.78 is 33.9. The monoisotopic (exact) mass is 650 g/mol. The van der Waals surface area contributed by atoms with Crippen LogP contribution in [-0.4, -0.2) is 47.9 Å². The van der Waals surface area contributed by atoms with Gasteiger partial charge in [-0.25, -0.2) is 4.39 Å². The Labute approximate surface area is 251 Å². The van der Waals surface area contributed by atoms with Crippen LogP contribution in [-0.2, 0) is 25.6 Å². The number of nitrogens with zero attached hydrogens (tertiary/aromatic N) is 2. The van der Waals surface area contributed by atoms with Crippen LogP contribution in [0.4, 0.5) is 4.39 Å². The van der Waals surface area contributed by atoms with Crippen molar-refractivity contribution < 1.29 is 28.2 Å². The highest BCUT2D eigenvalue weighted by Crippen LogP contribution is 2.34. The number of ether oxygens (including phenoxy) is 3. The summed E-state index contributed by atoms with van der Waals surface area (Å²) in [6, 6.07) is 12.6. The molecule has 1 aliphatic rings. The number of hydrogen-bond donors (Lipinski definition) is 2. The van der Waals surface area contributed by atoms with E-state index >= 15 is 0 Å². The second-order valence-corrected chi connectivity index (χ2v) is 10.9. The zero-order valence-electron chi connectivity index (χ0n) is 22.9. The minimum absolute atomic E-state index is 0.183. The van der Waals surface area contributed by atoms with Gasteiger partial charge in [0.05, 0.1) is 24.9 Å². The summed E-state index contributed by atoms with van der Waals surface area (Å²) in [5, 5.41) is 6.10. The van der Waals surface area contributed by atoms with Gasteiger partial charge in [0.15, 0.2) is 6.29 Å². The van der Waals surface area contributed by atoms with Crippen LogP contribution >= 0.6 is 27.5 Å². The van der Waals surface area contributed by atoms with Crippen LogP contribution in [0.25, 0.3) is 0 Å². The lowest BCUT2D eigenvalue weighted by molar-refractivity contribution is -0.163. The highest BCUT2D eigenvalue weighted by molar-refractivity contribution is 9.10. The molecule has 0 bridgehead atoms. The molecular weight excluding hydrogens is 619 g/mol. The fraction of sp³-hybridized carbons (Fsp3) is 0.414. The van der Waals surface area contributed by atoms with Crippen molar-refractivity contribution in [1.29, 1.82) is 0 Å². The molecule has 1 fully saturated rings. The molecular formula is C29H33BrClFN4O5. The largest absolute Gasteiger partial charge is 0.425 e. The average Bonchev–Trinajstić information content (AvgIpc) is 3.26. The van der Waals surface area contributed by atoms with Gasteiger partial charge in [0.1, 0.15) is 22.1 Å². The first-order valence-corrected chi connectivity index (χ1v) is 14.6. The third kappa shape index (κ3) is 8.51. The first-order valence-electron chi connectivity index (χ1n) is 13.4. The molecule has 4 rings (SSSR count). The van der Waals surface area contributed by atoms with E-state index in [1.807, 2.05) is 12.1 Å². The maximum atomic E-state index is 13.9. The van der Waals surface area contributed by atoms with Gasteiger partial charge in [-0.2, -0.15) is 4.98 Å². The minimum atomic E-state index is -0.931. The Balaban J connectivity index is 1.69. The summed E-state index contributed by atoms with van der Waals surface area (Å²) in [4.78, 5) is 30.0. The lowest BCUT2D eigenvalue weighted by Crippen LogP contribution is -2.41. The number of nitrogens with one attached hydrogen (secondary N) is 2. The molecule has 41 heavy (non-hydrogen) atoms. The van der Waals surface area contributed by atoms with Crippen LogP contribution in [0.15, 0.2) is 53.1 Å². The van der Waals surface area contributed by atoms with E-state index in [4.69, 9.17) is 25.8 Å². The van der Waals surface area contributed by atoms with Gasteiger partial charge in [-0.05, 0) is 78.4 Å². The van der Waals surface area contributed by atoms with Crippen LogP contribution in [0, 0.1) is 11.7 Å². The second-order valence-electron chi connectivity index (χ2n) is 9.70. The van der Waals surface area contributed by atoms with E-state index in [0.29, 0.717) is 34.9 Å². The smallest absolute Gasteiger partial charge is 0.303 e. The third-order valence-corrected chi connectivity index (χ3v) is 7.55. The molecule has 2 amide bonds. The van der Waals surface area contributed by atoms with Crippen molar-refractivity contribution in [1.82, 2.24) is 20.2 Å². The number of rotatable bonds is 12. The van der Waals surface area contributed by atoms with Crippen molar-refractivity contribution in [3.05, 3.63) is 75.2 Å². The Bertz CT molecular complexity index is 1330. The van der Waals surface area contributed by atoms with Gasteiger partial charge in [0, 0.05) is 24.7 Å². The lowest BCUT2D eigenvalue weighted by atomic mass is 10.1. The van der Waals surface area contributed by atoms with Crippen molar-refractivity contribution in [3.8, 4) is 11.8 Å². The highest BCUT2D eigenvalue weighted by atomic mass is 79.9. The van der Waals surface area contributed by atoms with Crippen LogP contribution in [0.5, 0.6) is 11.8 Å². The summed E-state index contributed by atoms with van der Waals surface area (Å²) in [5.74, 6) is -1.98. The van der Waals surface area contributed by atoms with Gasteiger partial charge < -0.3 is 24.8 Å². The quantitative estimate of drug-likeness (QED) is 0.242. The Morgan fingerprint density at radius 3 is 2.68 bits per heavy atom. The van der Waals surface area contributed by atoms with Crippen molar-refractivity contribution in [3.63, 3.8) is 0 Å². The van der Waals surface area contributed by atoms with E-state index < -0.39 is 29.6 Å². The molecule has 220 valence electrons. The molecule has 1 saturated heterocycles. The van der Waals surface area contributed by atoms with Crippen LogP contribution in [0.2, 0.25) is 5.02 Å². The van der Waals surface area contributed by atoms with Crippen molar-refractivity contribution in [2.24, 2.45) is 5.92 Å². The van der Waals surface area contributed by atoms with E-state index in [1.165, 1.54) is 26.1 Å². The molecule has 1 aliphatic heterocycles. The van der Waals surface area contributed by atoms with Crippen LogP contribution in [0.1, 0.15) is 49.9 Å². The summed E-state index contributed by atoms with van der Waals surface area (Å²) in [6.45, 7) is 2.77. The predicted molar refractivity (Wildman–Crippen MR) is 155 cm³/mol. The molecule has 9 nitrogen and oxygen atoms in total. The molecule has 3 aromatic rings. The minimum Gasteiger partial charge on any atom is -0.425 e. The molecule has 3 atom stereocenters. The molecule has 0 spiro atoms. The predicted octanol–water partition coefficient (Wildman–Crippen LogP) is 5.75. The maximum Gasteiger partial charge on any atom is 0.303 e. The normalized spacial score (nSPS) is 16.6. The van der Waals surface area contributed by atoms with E-state index in [9.17, 15) is 14.0 Å². The Morgan fingerprint density at radius 2 is 2.00 bits per heavy atom. The first-order chi connectivity index (χ1) is 19.7. The second kappa shape index (κ2) is 14.8. The maximum absolute atomic E-state index is 13.9. The molecule has 2 aromatic carbocycles. The van der Waals surface area contributed by atoms with Crippen LogP contribution in [0.3, 0.4) is 0 Å². The molecule has 0 saturated carbocycles. The zero-order chi connectivity index (χ0) is 29.4. The topological polar surface area (TPSA) is 104 Å². The fourth-order valence-corrected chi connectivity index (χ4v) is 5.22. The van der Waals surface area contributed by atoms with E-state index in [0.717, 1.165) is 24.8 Å². The van der Waals surface area contributed by atoms with Gasteiger partial charge in [-0.1, -0.05) is 29.8 Å². The van der Waals surface area contributed by atoms with Gasteiger partial charge in [-0.15, -0.1) is 0 Å². The molecule has 0 aliphatic carbocycles. The van der Waals surface area contributed by atoms with Crippen molar-refractivity contribution in [2.45, 2.75) is 51.5 Å². The summed E-state index contributed by atoms with van der Waals surface area (Å²) in [7, 11) is 1.48. The summed E-state index contributed by atoms with van der Waals surface area (Å²) in [5.41, 5.74) is 1.48. The number of carbonyl (C=O) groups excluding carboxylic acids is 2. The number of amides is 2. The average molecular weight is 652 g/mol. The first kappa shape index (κ1) is 31.0. The van der Waals surface area contributed by atoms with Crippen molar-refractivity contribution >= 4 is 39.3 Å². The zero-order valence-corrected chi connectivity index (χ0v) is 25.2. The highest BCUT2D eigenvalue weighted by Gasteiger charge is 2.30. The number of aromatic nitrogens is 2. The van der Waals surface area contributed by atoms with Gasteiger partial charge in [0.2, 0.25) is 11.8 Å². The van der Waals surface area contributed by atoms with E-state index in [1.54, 1.807) is 28.8 Å². The van der Waals surface area contributed by atoms with E-state index in [-0.39, 0.29) is 24.7 Å². The standard InChI is InChI=1S/C29H33BrClFN4O5/c1-18(27(37)33-2)28(38)34-23(13-15-40-24-8-3-4-14-39-24)25-26(30)35-29(41-22-7-5-6-21(32)16-22)36(25)17-19-9-11-20(31)12-10-19/h5-7,9-12,16,18,23-24H,3-4,8,13-15,17H2,1-2H3,(H,33,37)(H,34,38). The van der Waals surface area contributed by atoms with E-state index in [2.05, 4.69) is 31.5 Å². The lowest BCUT2D eigenvalue weighted by Gasteiger charge is -2.26. The Hall–Kier alpha value is -2.99. The van der Waals surface area contributed by atoms with Crippen molar-refractivity contribution in [2.75, 3.05) is 20.3 Å². The molecule has 1 aromatic heterocycles. The van der Waals surface area contributed by atoms with Gasteiger partial charge in [0.25, 0.3) is 0 Å². The Kier molecular flexibility index (Phi) is 11.1. The summed E-state index contributed by atoms with van der Waals surface area (Å²) in [6.07, 6.45) is 2.87. The molecule has 2 N–H and O–H groups in total. The molecule has 2 heterocycles. The number of imidazole rings is 1. The number of halogens is 3. The third-order valence-electron chi connectivity index (χ3n) is 6.71. The number of carbonyl (C=O) groups is 2. The Morgan fingerprint density at radius 1 is 1.22 bits per heavy atom. The SMILES string of the molecule is CNC(=O)C(C)C(=O)NC(CCOC1CCCCO1)c1c(Br)nc(Oc2cccc(F)c2)n1Cc1ccc(Cl)cc1. The number of benzene rings is 2. The molecule has 3 unspecified atom stereocenters. The van der Waals surface area contributed by atoms with Gasteiger partial charge in [-0.3, -0.25) is 14.2 Å². The summed E-state index contributed by atoms with van der Waals surface area (Å²) >= 11 is 9.66. The molecule has 12 heteroatoms.